The lowest BCUT2D eigenvalue weighted by Crippen LogP contribution is -2.36. The monoisotopic (exact) mass is 482 g/mol. The number of para-hydroxylation sites is 1. The standard InChI is InChI=1S/C30H30N2O4/c1-31-25-13-7-6-12-23(25)27(28(31)24-17-19(34-2)14-15-26(24)35-3)29-21-10-4-5-11-22(21)30(33)32(29)18-20-9-8-16-36-20/h4-7,10-15,17,20,29H,8-9,16,18H2,1-3H3/t20-,29-/m1/s1. The molecule has 1 amide bonds. The molecule has 4 aromatic rings. The number of carbonyl (C=O) groups is 1. The van der Waals surface area contributed by atoms with Crippen molar-refractivity contribution in [3.63, 3.8) is 0 Å². The highest BCUT2D eigenvalue weighted by Crippen LogP contribution is 2.48. The first-order valence-corrected chi connectivity index (χ1v) is 12.4. The van der Waals surface area contributed by atoms with Crippen LogP contribution in [0.2, 0.25) is 0 Å². The van der Waals surface area contributed by atoms with Crippen LogP contribution in [0.4, 0.5) is 0 Å². The summed E-state index contributed by atoms with van der Waals surface area (Å²) in [6.45, 7) is 1.32. The number of aryl methyl sites for hydroxylation is 1. The third kappa shape index (κ3) is 3.47. The fourth-order valence-corrected chi connectivity index (χ4v) is 5.90. The van der Waals surface area contributed by atoms with E-state index in [1.807, 2.05) is 41.3 Å². The minimum absolute atomic E-state index is 0.0514. The van der Waals surface area contributed by atoms with E-state index in [1.165, 1.54) is 0 Å². The van der Waals surface area contributed by atoms with Gasteiger partial charge < -0.3 is 23.7 Å². The maximum atomic E-state index is 13.8. The fraction of sp³-hybridized carbons (Fsp3) is 0.300. The average molecular weight is 483 g/mol. The molecule has 36 heavy (non-hydrogen) atoms. The van der Waals surface area contributed by atoms with Gasteiger partial charge in [0.1, 0.15) is 11.5 Å². The number of fused-ring (bicyclic) bond motifs is 2. The molecule has 0 bridgehead atoms. The summed E-state index contributed by atoms with van der Waals surface area (Å²) in [5.41, 5.74) is 5.92. The van der Waals surface area contributed by atoms with Crippen LogP contribution in [0.3, 0.4) is 0 Å². The molecule has 2 atom stereocenters. The van der Waals surface area contributed by atoms with E-state index in [1.54, 1.807) is 14.2 Å². The quantitative estimate of drug-likeness (QED) is 0.360. The van der Waals surface area contributed by atoms with Crippen LogP contribution in [-0.4, -0.2) is 48.8 Å². The zero-order valence-electron chi connectivity index (χ0n) is 20.9. The highest BCUT2D eigenvalue weighted by molar-refractivity contribution is 6.02. The van der Waals surface area contributed by atoms with Gasteiger partial charge in [-0.25, -0.2) is 0 Å². The number of aromatic nitrogens is 1. The summed E-state index contributed by atoms with van der Waals surface area (Å²) in [7, 11) is 5.43. The number of ether oxygens (including phenoxy) is 3. The molecule has 1 fully saturated rings. The molecule has 0 N–H and O–H groups in total. The average Bonchev–Trinajstić information content (AvgIpc) is 3.61. The number of hydrogen-bond donors (Lipinski definition) is 0. The third-order valence-corrected chi connectivity index (χ3v) is 7.56. The van der Waals surface area contributed by atoms with Gasteiger partial charge in [0.15, 0.2) is 0 Å². The van der Waals surface area contributed by atoms with E-state index in [4.69, 9.17) is 14.2 Å². The molecule has 3 aromatic carbocycles. The number of methoxy groups -OCH3 is 2. The number of amides is 1. The van der Waals surface area contributed by atoms with E-state index in [2.05, 4.69) is 41.9 Å². The van der Waals surface area contributed by atoms with Gasteiger partial charge >= 0.3 is 0 Å². The first-order valence-electron chi connectivity index (χ1n) is 12.4. The van der Waals surface area contributed by atoms with Crippen LogP contribution in [0.1, 0.15) is 40.4 Å². The highest BCUT2D eigenvalue weighted by atomic mass is 16.5. The molecule has 0 saturated carbocycles. The second kappa shape index (κ2) is 9.03. The Bertz CT molecular complexity index is 1450. The number of hydrogen-bond acceptors (Lipinski definition) is 4. The van der Waals surface area contributed by atoms with Crippen molar-refractivity contribution >= 4 is 16.8 Å². The maximum Gasteiger partial charge on any atom is 0.255 e. The van der Waals surface area contributed by atoms with E-state index in [0.29, 0.717) is 6.54 Å². The van der Waals surface area contributed by atoms with Crippen molar-refractivity contribution in [1.82, 2.24) is 9.47 Å². The second-order valence-electron chi connectivity index (χ2n) is 9.49. The molecule has 0 spiro atoms. The van der Waals surface area contributed by atoms with Crippen LogP contribution in [0.25, 0.3) is 22.2 Å². The lowest BCUT2D eigenvalue weighted by molar-refractivity contribution is 0.0501. The van der Waals surface area contributed by atoms with Gasteiger partial charge in [0, 0.05) is 47.8 Å². The second-order valence-corrected chi connectivity index (χ2v) is 9.49. The Morgan fingerprint density at radius 1 is 0.972 bits per heavy atom. The summed E-state index contributed by atoms with van der Waals surface area (Å²) < 4.78 is 19.6. The van der Waals surface area contributed by atoms with Crippen molar-refractivity contribution in [2.45, 2.75) is 25.0 Å². The van der Waals surface area contributed by atoms with E-state index in [9.17, 15) is 4.79 Å². The largest absolute Gasteiger partial charge is 0.497 e. The molecule has 2 aliphatic heterocycles. The van der Waals surface area contributed by atoms with Crippen LogP contribution in [-0.2, 0) is 11.8 Å². The van der Waals surface area contributed by atoms with Crippen LogP contribution in [0, 0.1) is 0 Å². The summed E-state index contributed by atoms with van der Waals surface area (Å²) in [6, 6.07) is 22.0. The lowest BCUT2D eigenvalue weighted by Gasteiger charge is -2.29. The van der Waals surface area contributed by atoms with Crippen molar-refractivity contribution in [2.75, 3.05) is 27.4 Å². The number of benzene rings is 3. The Morgan fingerprint density at radius 3 is 2.56 bits per heavy atom. The molecule has 1 saturated heterocycles. The fourth-order valence-electron chi connectivity index (χ4n) is 5.90. The molecule has 0 radical (unpaired) electrons. The van der Waals surface area contributed by atoms with Crippen LogP contribution in [0.15, 0.2) is 66.7 Å². The van der Waals surface area contributed by atoms with Gasteiger partial charge in [0.2, 0.25) is 0 Å². The molecule has 0 aliphatic carbocycles. The predicted octanol–water partition coefficient (Wildman–Crippen LogP) is 5.59. The molecule has 6 nitrogen and oxygen atoms in total. The molecular formula is C30H30N2O4. The van der Waals surface area contributed by atoms with Crippen molar-refractivity contribution in [3.8, 4) is 22.8 Å². The van der Waals surface area contributed by atoms with Crippen LogP contribution >= 0.6 is 0 Å². The number of rotatable bonds is 6. The third-order valence-electron chi connectivity index (χ3n) is 7.56. The van der Waals surface area contributed by atoms with Gasteiger partial charge in [-0.1, -0.05) is 36.4 Å². The Hall–Kier alpha value is -3.77. The summed E-state index contributed by atoms with van der Waals surface area (Å²) >= 11 is 0. The zero-order valence-corrected chi connectivity index (χ0v) is 20.9. The van der Waals surface area contributed by atoms with E-state index >= 15 is 0 Å². The van der Waals surface area contributed by atoms with Gasteiger partial charge in [0.25, 0.3) is 5.91 Å². The molecule has 184 valence electrons. The van der Waals surface area contributed by atoms with Crippen LogP contribution < -0.4 is 9.47 Å². The Kier molecular flexibility index (Phi) is 5.69. The van der Waals surface area contributed by atoms with Crippen molar-refractivity contribution in [3.05, 3.63) is 83.4 Å². The zero-order chi connectivity index (χ0) is 24.8. The topological polar surface area (TPSA) is 52.9 Å². The molecule has 6 heteroatoms. The van der Waals surface area contributed by atoms with Crippen LogP contribution in [0.5, 0.6) is 11.5 Å². The van der Waals surface area contributed by atoms with Gasteiger partial charge in [-0.05, 0) is 48.7 Å². The first-order chi connectivity index (χ1) is 17.6. The number of carbonyl (C=O) groups excluding carboxylic acids is 1. The molecule has 2 aliphatic rings. The highest BCUT2D eigenvalue weighted by Gasteiger charge is 2.42. The maximum absolute atomic E-state index is 13.8. The first kappa shape index (κ1) is 22.7. The van der Waals surface area contributed by atoms with E-state index in [0.717, 1.165) is 69.8 Å². The van der Waals surface area contributed by atoms with Gasteiger partial charge in [-0.2, -0.15) is 0 Å². The minimum atomic E-state index is -0.241. The molecule has 3 heterocycles. The smallest absolute Gasteiger partial charge is 0.255 e. The summed E-state index contributed by atoms with van der Waals surface area (Å²) in [5.74, 6) is 1.56. The SMILES string of the molecule is COc1ccc(OC)c(-c2c([C@H]3c4ccccc4C(=O)N3C[C@H]3CCCO3)c3ccccc3n2C)c1. The molecule has 6 rings (SSSR count). The Balaban J connectivity index is 1.64. The van der Waals surface area contributed by atoms with E-state index in [-0.39, 0.29) is 18.1 Å². The van der Waals surface area contributed by atoms with Crippen molar-refractivity contribution < 1.29 is 19.0 Å². The van der Waals surface area contributed by atoms with Crippen molar-refractivity contribution in [1.29, 1.82) is 0 Å². The summed E-state index contributed by atoms with van der Waals surface area (Å²) in [4.78, 5) is 15.8. The summed E-state index contributed by atoms with van der Waals surface area (Å²) in [5, 5.41) is 1.12. The summed E-state index contributed by atoms with van der Waals surface area (Å²) in [6.07, 6.45) is 2.06. The predicted molar refractivity (Wildman–Crippen MR) is 140 cm³/mol. The van der Waals surface area contributed by atoms with Crippen molar-refractivity contribution in [2.24, 2.45) is 7.05 Å². The molecular weight excluding hydrogens is 452 g/mol. The normalized spacial score (nSPS) is 19.2. The van der Waals surface area contributed by atoms with Gasteiger partial charge in [-0.3, -0.25) is 4.79 Å². The minimum Gasteiger partial charge on any atom is -0.497 e. The molecule has 1 aromatic heterocycles. The Labute approximate surface area is 211 Å². The van der Waals surface area contributed by atoms with E-state index < -0.39 is 0 Å². The number of nitrogens with zero attached hydrogens (tertiary/aromatic N) is 2. The Morgan fingerprint density at radius 2 is 1.78 bits per heavy atom. The van der Waals surface area contributed by atoms with Gasteiger partial charge in [-0.15, -0.1) is 0 Å². The molecule has 0 unspecified atom stereocenters. The lowest BCUT2D eigenvalue weighted by atomic mass is 9.92. The van der Waals surface area contributed by atoms with Gasteiger partial charge in [0.05, 0.1) is 32.1 Å².